The summed E-state index contributed by atoms with van der Waals surface area (Å²) in [7, 11) is 0. The molecular weight excluding hydrogens is 258 g/mol. The van der Waals surface area contributed by atoms with Crippen LogP contribution in [0.3, 0.4) is 0 Å². The lowest BCUT2D eigenvalue weighted by molar-refractivity contribution is 0.905. The molecule has 0 bridgehead atoms. The second-order valence-corrected chi connectivity index (χ2v) is 5.57. The molecule has 0 aliphatic rings. The van der Waals surface area contributed by atoms with Crippen molar-refractivity contribution in [1.82, 2.24) is 0 Å². The van der Waals surface area contributed by atoms with E-state index < -0.39 is 0 Å². The first-order valence-electron chi connectivity index (χ1n) is 4.79. The van der Waals surface area contributed by atoms with E-state index >= 15 is 0 Å². The number of nitrogen functional groups attached to an aromatic ring is 1. The first-order valence-corrected chi connectivity index (χ1v) is 6.63. The summed E-state index contributed by atoms with van der Waals surface area (Å²) in [5.74, 6) is 1.03. The van der Waals surface area contributed by atoms with Crippen molar-refractivity contribution in [2.45, 2.75) is 31.3 Å². The molecule has 1 unspecified atom stereocenters. The van der Waals surface area contributed by atoms with Crippen LogP contribution in [0.2, 0.25) is 0 Å². The molecule has 0 saturated carbocycles. The minimum Gasteiger partial charge on any atom is -0.398 e. The van der Waals surface area contributed by atoms with Crippen LogP contribution in [0.4, 0.5) is 5.69 Å². The van der Waals surface area contributed by atoms with E-state index in [9.17, 15) is 0 Å². The molecule has 0 fully saturated rings. The van der Waals surface area contributed by atoms with Gasteiger partial charge >= 0.3 is 0 Å². The third-order valence-corrected chi connectivity index (χ3v) is 4.55. The number of hydrogen-bond donors (Lipinski definition) is 1. The molecule has 0 spiro atoms. The Balaban J connectivity index is 2.63. The van der Waals surface area contributed by atoms with Crippen LogP contribution in [0.1, 0.15) is 25.8 Å². The maximum Gasteiger partial charge on any atom is 0.0461 e. The number of nitrogens with two attached hydrogens (primary N) is 1. The van der Waals surface area contributed by atoms with Crippen molar-refractivity contribution < 1.29 is 0 Å². The van der Waals surface area contributed by atoms with Crippen LogP contribution >= 0.6 is 27.7 Å². The normalized spacial score (nSPS) is 12.8. The molecule has 0 aliphatic carbocycles. The Bertz CT molecular complexity index is 301. The van der Waals surface area contributed by atoms with E-state index in [1.807, 2.05) is 23.9 Å². The highest BCUT2D eigenvalue weighted by atomic mass is 79.9. The highest BCUT2D eigenvalue weighted by Crippen LogP contribution is 2.28. The fourth-order valence-electron chi connectivity index (χ4n) is 1.06. The standard InChI is InChI=1S/C11H16BrNS/c1-3-8(2)14-7-9-5-4-6-10(13)11(9)12/h4-6,8H,3,7,13H2,1-2H3. The molecule has 0 amide bonds. The van der Waals surface area contributed by atoms with Gasteiger partial charge in [0.05, 0.1) is 0 Å². The Kier molecular flexibility index (Phi) is 4.82. The largest absolute Gasteiger partial charge is 0.398 e. The molecule has 3 heteroatoms. The monoisotopic (exact) mass is 273 g/mol. The van der Waals surface area contributed by atoms with Crippen molar-refractivity contribution in [2.75, 3.05) is 5.73 Å². The lowest BCUT2D eigenvalue weighted by Gasteiger charge is -2.10. The number of halogens is 1. The Morgan fingerprint density at radius 3 is 2.86 bits per heavy atom. The summed E-state index contributed by atoms with van der Waals surface area (Å²) in [5, 5.41) is 0.711. The Labute approximate surface area is 98.6 Å². The van der Waals surface area contributed by atoms with Crippen LogP contribution in [0.15, 0.2) is 22.7 Å². The highest BCUT2D eigenvalue weighted by molar-refractivity contribution is 9.10. The van der Waals surface area contributed by atoms with E-state index in [-0.39, 0.29) is 0 Å². The first-order chi connectivity index (χ1) is 6.65. The molecule has 78 valence electrons. The highest BCUT2D eigenvalue weighted by Gasteiger charge is 2.05. The number of anilines is 1. The van der Waals surface area contributed by atoms with Gasteiger partial charge in [0.2, 0.25) is 0 Å². The molecule has 1 rings (SSSR count). The molecule has 1 aromatic carbocycles. The first kappa shape index (κ1) is 11.9. The van der Waals surface area contributed by atoms with E-state index in [0.717, 1.165) is 15.9 Å². The quantitative estimate of drug-likeness (QED) is 0.838. The second-order valence-electron chi connectivity index (χ2n) is 3.35. The molecule has 0 aromatic heterocycles. The lowest BCUT2D eigenvalue weighted by Crippen LogP contribution is -1.96. The van der Waals surface area contributed by atoms with Crippen LogP contribution in [-0.4, -0.2) is 5.25 Å². The maximum atomic E-state index is 5.80. The van der Waals surface area contributed by atoms with Crippen molar-refractivity contribution in [3.05, 3.63) is 28.2 Å². The zero-order chi connectivity index (χ0) is 10.6. The number of benzene rings is 1. The van der Waals surface area contributed by atoms with Gasteiger partial charge in [0.25, 0.3) is 0 Å². The van der Waals surface area contributed by atoms with E-state index in [0.29, 0.717) is 5.25 Å². The van der Waals surface area contributed by atoms with Crippen LogP contribution in [-0.2, 0) is 5.75 Å². The molecular formula is C11H16BrNS. The summed E-state index contributed by atoms with van der Waals surface area (Å²) in [6.45, 7) is 4.47. The fourth-order valence-corrected chi connectivity index (χ4v) is 2.59. The molecule has 0 saturated heterocycles. The van der Waals surface area contributed by atoms with Crippen LogP contribution in [0.5, 0.6) is 0 Å². The predicted molar refractivity (Wildman–Crippen MR) is 69.6 cm³/mol. The van der Waals surface area contributed by atoms with Crippen molar-refractivity contribution in [2.24, 2.45) is 0 Å². The summed E-state index contributed by atoms with van der Waals surface area (Å²) in [6, 6.07) is 6.05. The van der Waals surface area contributed by atoms with Crippen LogP contribution < -0.4 is 5.73 Å². The summed E-state index contributed by atoms with van der Waals surface area (Å²) in [6.07, 6.45) is 1.21. The predicted octanol–water partition coefficient (Wildman–Crippen LogP) is 4.06. The molecule has 1 aromatic rings. The topological polar surface area (TPSA) is 26.0 Å². The van der Waals surface area contributed by atoms with Gasteiger partial charge in [-0.2, -0.15) is 11.8 Å². The number of thioether (sulfide) groups is 1. The van der Waals surface area contributed by atoms with Gasteiger partial charge in [0, 0.05) is 21.2 Å². The van der Waals surface area contributed by atoms with Crippen molar-refractivity contribution in [3.63, 3.8) is 0 Å². The zero-order valence-corrected chi connectivity index (χ0v) is 11.0. The zero-order valence-electron chi connectivity index (χ0n) is 8.59. The van der Waals surface area contributed by atoms with E-state index in [4.69, 9.17) is 5.73 Å². The van der Waals surface area contributed by atoms with Gasteiger partial charge < -0.3 is 5.73 Å². The number of rotatable bonds is 4. The van der Waals surface area contributed by atoms with Gasteiger partial charge in [-0.3, -0.25) is 0 Å². The van der Waals surface area contributed by atoms with Gasteiger partial charge in [-0.1, -0.05) is 26.0 Å². The minimum atomic E-state index is 0.711. The van der Waals surface area contributed by atoms with Crippen molar-refractivity contribution in [1.29, 1.82) is 0 Å². The number of hydrogen-bond acceptors (Lipinski definition) is 2. The second kappa shape index (κ2) is 5.66. The third-order valence-electron chi connectivity index (χ3n) is 2.21. The average Bonchev–Trinajstić information content (AvgIpc) is 2.20. The summed E-state index contributed by atoms with van der Waals surface area (Å²) in [5.41, 5.74) is 7.92. The summed E-state index contributed by atoms with van der Waals surface area (Å²) in [4.78, 5) is 0. The Morgan fingerprint density at radius 2 is 2.21 bits per heavy atom. The van der Waals surface area contributed by atoms with Crippen molar-refractivity contribution >= 4 is 33.4 Å². The summed E-state index contributed by atoms with van der Waals surface area (Å²) >= 11 is 5.48. The van der Waals surface area contributed by atoms with E-state index in [1.165, 1.54) is 12.0 Å². The average molecular weight is 274 g/mol. The molecule has 0 aliphatic heterocycles. The third kappa shape index (κ3) is 3.21. The van der Waals surface area contributed by atoms with Crippen molar-refractivity contribution in [3.8, 4) is 0 Å². The Hall–Kier alpha value is -0.150. The van der Waals surface area contributed by atoms with Crippen LogP contribution in [0, 0.1) is 0 Å². The van der Waals surface area contributed by atoms with Gasteiger partial charge in [-0.25, -0.2) is 0 Å². The SMILES string of the molecule is CCC(C)SCc1cccc(N)c1Br. The van der Waals surface area contributed by atoms with Gasteiger partial charge in [0.1, 0.15) is 0 Å². The van der Waals surface area contributed by atoms with Gasteiger partial charge in [0.15, 0.2) is 0 Å². The molecule has 0 radical (unpaired) electrons. The fraction of sp³-hybridized carbons (Fsp3) is 0.455. The molecule has 2 N–H and O–H groups in total. The summed E-state index contributed by atoms with van der Waals surface area (Å²) < 4.78 is 1.05. The minimum absolute atomic E-state index is 0.711. The molecule has 1 nitrogen and oxygen atoms in total. The molecule has 14 heavy (non-hydrogen) atoms. The smallest absolute Gasteiger partial charge is 0.0461 e. The van der Waals surface area contributed by atoms with E-state index in [1.54, 1.807) is 0 Å². The lowest BCUT2D eigenvalue weighted by atomic mass is 10.2. The molecule has 1 atom stereocenters. The Morgan fingerprint density at radius 1 is 1.50 bits per heavy atom. The maximum absolute atomic E-state index is 5.80. The van der Waals surface area contributed by atoms with Gasteiger partial charge in [-0.15, -0.1) is 0 Å². The van der Waals surface area contributed by atoms with E-state index in [2.05, 4.69) is 35.8 Å². The van der Waals surface area contributed by atoms with Crippen LogP contribution in [0.25, 0.3) is 0 Å². The molecule has 0 heterocycles. The van der Waals surface area contributed by atoms with Gasteiger partial charge in [-0.05, 0) is 34.0 Å².